The minimum absolute atomic E-state index is 0.0212. The molecule has 0 atom stereocenters. The molecule has 110 valence electrons. The van der Waals surface area contributed by atoms with E-state index in [0.29, 0.717) is 4.74 Å². The molecule has 19 heavy (non-hydrogen) atoms. The highest BCUT2D eigenvalue weighted by Crippen LogP contribution is 2.16. The molecule has 0 radical (unpaired) electrons. The number of hydrogen-bond donors (Lipinski definition) is 3. The Balaban J connectivity index is 0.00000154. The van der Waals surface area contributed by atoms with Crippen molar-refractivity contribution >= 4 is 5.84 Å². The van der Waals surface area contributed by atoms with Crippen LogP contribution >= 0.6 is 0 Å². The van der Waals surface area contributed by atoms with E-state index in [1.165, 1.54) is 19.3 Å². The fourth-order valence-electron chi connectivity index (χ4n) is 2.00. The van der Waals surface area contributed by atoms with E-state index in [-0.39, 0.29) is 11.7 Å². The van der Waals surface area contributed by atoms with E-state index in [1.807, 2.05) is 13.8 Å². The molecule has 0 aromatic heterocycles. The molecule has 1 rings (SSSR count). The molecular formula is C14H29N4O+. The van der Waals surface area contributed by atoms with Gasteiger partial charge in [-0.1, -0.05) is 25.5 Å². The number of likely N-dealkylation sites (tertiary alicyclic amines) is 1. The largest absolute Gasteiger partial charge is 0.375 e. The van der Waals surface area contributed by atoms with Crippen LogP contribution in [0.15, 0.2) is 24.2 Å². The summed E-state index contributed by atoms with van der Waals surface area (Å²) in [4.78, 5) is 2.31. The van der Waals surface area contributed by atoms with E-state index in [2.05, 4.69) is 18.4 Å². The molecule has 1 saturated heterocycles. The summed E-state index contributed by atoms with van der Waals surface area (Å²) in [6.45, 7) is 11.6. The Bertz CT molecular complexity index is 341. The van der Waals surface area contributed by atoms with Crippen molar-refractivity contribution in [3.63, 3.8) is 0 Å². The van der Waals surface area contributed by atoms with Gasteiger partial charge in [0.25, 0.3) is 11.7 Å². The molecule has 0 bridgehead atoms. The van der Waals surface area contributed by atoms with E-state index in [9.17, 15) is 5.21 Å². The van der Waals surface area contributed by atoms with Crippen LogP contribution in [0.1, 0.15) is 46.5 Å². The lowest BCUT2D eigenvalue weighted by Gasteiger charge is -2.30. The second-order valence-electron chi connectivity index (χ2n) is 4.26. The van der Waals surface area contributed by atoms with Gasteiger partial charge in [-0.2, -0.15) is 0 Å². The van der Waals surface area contributed by atoms with Crippen LogP contribution in [0.2, 0.25) is 0 Å². The van der Waals surface area contributed by atoms with E-state index in [0.717, 1.165) is 25.2 Å². The average molecular weight is 269 g/mol. The first-order chi connectivity index (χ1) is 9.06. The summed E-state index contributed by atoms with van der Waals surface area (Å²) < 4.78 is 0.708. The predicted octanol–water partition coefficient (Wildman–Crippen LogP) is 1.98. The monoisotopic (exact) mass is 269 g/mol. The smallest absolute Gasteiger partial charge is 0.259 e. The van der Waals surface area contributed by atoms with E-state index in [4.69, 9.17) is 11.5 Å². The van der Waals surface area contributed by atoms with Crippen LogP contribution in [-0.2, 0) is 0 Å². The van der Waals surface area contributed by atoms with Crippen molar-refractivity contribution in [3.8, 4) is 0 Å². The standard InChI is InChI=1S/C12H22N4O.C2H6/c1-3-11(15-7-5-4-6-8-15)9-12(14)16(17)10(2)13;1-2/h9,14,17H,2-8,13H2,1H3;1-2H3/p+1/b11-9+;. The van der Waals surface area contributed by atoms with Crippen LogP contribution in [0.5, 0.6) is 0 Å². The maximum Gasteiger partial charge on any atom is 0.259 e. The van der Waals surface area contributed by atoms with Crippen LogP contribution in [0.3, 0.4) is 0 Å². The van der Waals surface area contributed by atoms with Gasteiger partial charge in [-0.25, -0.2) is 0 Å². The number of nitrogens with two attached hydrogens (primary N) is 2. The summed E-state index contributed by atoms with van der Waals surface area (Å²) in [6, 6.07) is 0. The van der Waals surface area contributed by atoms with Crippen molar-refractivity contribution in [2.45, 2.75) is 46.5 Å². The number of allylic oxidation sites excluding steroid dienone is 1. The lowest BCUT2D eigenvalue weighted by molar-refractivity contribution is -0.739. The van der Waals surface area contributed by atoms with Gasteiger partial charge >= 0.3 is 0 Å². The molecule has 1 aliphatic rings. The first-order valence-electron chi connectivity index (χ1n) is 7.07. The number of amidine groups is 1. The van der Waals surface area contributed by atoms with Gasteiger partial charge in [-0.05, 0) is 32.3 Å². The molecule has 0 aromatic rings. The maximum atomic E-state index is 9.52. The molecule has 0 aliphatic carbocycles. The van der Waals surface area contributed by atoms with Crippen LogP contribution in [0, 0.1) is 0 Å². The third-order valence-corrected chi connectivity index (χ3v) is 2.96. The summed E-state index contributed by atoms with van der Waals surface area (Å²) in [5.41, 5.74) is 12.2. The first-order valence-corrected chi connectivity index (χ1v) is 7.07. The highest BCUT2D eigenvalue weighted by atomic mass is 16.5. The lowest BCUT2D eigenvalue weighted by Crippen LogP contribution is -2.32. The maximum absolute atomic E-state index is 9.52. The van der Waals surface area contributed by atoms with Crippen LogP contribution in [0.4, 0.5) is 0 Å². The Labute approximate surface area is 116 Å². The van der Waals surface area contributed by atoms with Crippen LogP contribution in [0.25, 0.3) is 0 Å². The molecule has 0 aromatic carbocycles. The summed E-state index contributed by atoms with van der Waals surface area (Å²) >= 11 is 0. The second-order valence-corrected chi connectivity index (χ2v) is 4.26. The van der Waals surface area contributed by atoms with Gasteiger partial charge in [0.15, 0.2) is 0 Å². The van der Waals surface area contributed by atoms with Crippen LogP contribution < -0.4 is 11.5 Å². The molecule has 1 heterocycles. The summed E-state index contributed by atoms with van der Waals surface area (Å²) in [7, 11) is 0. The van der Waals surface area contributed by atoms with Gasteiger partial charge in [-0.3, -0.25) is 0 Å². The summed E-state index contributed by atoms with van der Waals surface area (Å²) in [5, 5.41) is 9.52. The summed E-state index contributed by atoms with van der Waals surface area (Å²) in [6.07, 6.45) is 6.36. The van der Waals surface area contributed by atoms with Crippen molar-refractivity contribution in [3.05, 3.63) is 24.2 Å². The molecule has 5 N–H and O–H groups in total. The van der Waals surface area contributed by atoms with Gasteiger partial charge in [0, 0.05) is 24.9 Å². The van der Waals surface area contributed by atoms with Crippen molar-refractivity contribution < 1.29 is 9.95 Å². The highest BCUT2D eigenvalue weighted by molar-refractivity contribution is 5.87. The molecule has 5 nitrogen and oxygen atoms in total. The molecule has 1 fully saturated rings. The number of rotatable bonds is 4. The van der Waals surface area contributed by atoms with Gasteiger partial charge in [-0.15, -0.1) is 0 Å². The Morgan fingerprint density at radius 2 is 1.79 bits per heavy atom. The zero-order chi connectivity index (χ0) is 14.8. The minimum Gasteiger partial charge on any atom is -0.375 e. The molecular weight excluding hydrogens is 240 g/mol. The normalized spacial score (nSPS) is 17.2. The molecule has 0 spiro atoms. The third kappa shape index (κ3) is 5.68. The van der Waals surface area contributed by atoms with Gasteiger partial charge in [0.1, 0.15) is 0 Å². The zero-order valence-corrected chi connectivity index (χ0v) is 12.5. The van der Waals surface area contributed by atoms with E-state index in [1.54, 1.807) is 6.08 Å². The van der Waals surface area contributed by atoms with Gasteiger partial charge < -0.3 is 21.6 Å². The number of nitrogens with zero attached hydrogens (tertiary/aromatic N) is 2. The predicted molar refractivity (Wildman–Crippen MR) is 79.7 cm³/mol. The van der Waals surface area contributed by atoms with Crippen molar-refractivity contribution in [2.24, 2.45) is 11.5 Å². The third-order valence-electron chi connectivity index (χ3n) is 2.96. The van der Waals surface area contributed by atoms with Crippen molar-refractivity contribution in [2.75, 3.05) is 13.1 Å². The number of hydrogen-bond acceptors (Lipinski definition) is 3. The fraction of sp³-hybridized carbons (Fsp3) is 0.643. The lowest BCUT2D eigenvalue weighted by atomic mass is 10.1. The molecule has 5 heteroatoms. The zero-order valence-electron chi connectivity index (χ0n) is 12.5. The Morgan fingerprint density at radius 1 is 1.26 bits per heavy atom. The van der Waals surface area contributed by atoms with Crippen molar-refractivity contribution in [1.82, 2.24) is 4.90 Å². The number of piperidine rings is 1. The van der Waals surface area contributed by atoms with Gasteiger partial charge in [0.05, 0.1) is 0 Å². The molecule has 1 aliphatic heterocycles. The minimum atomic E-state index is 0.0212. The molecule has 0 saturated carbocycles. The topological polar surface area (TPSA) is 78.5 Å². The van der Waals surface area contributed by atoms with Crippen LogP contribution in [-0.4, -0.2) is 33.8 Å². The van der Waals surface area contributed by atoms with Crippen molar-refractivity contribution in [1.29, 1.82) is 0 Å². The Morgan fingerprint density at radius 3 is 2.21 bits per heavy atom. The number of hydroxylamine groups is 1. The van der Waals surface area contributed by atoms with Gasteiger partial charge in [0.2, 0.25) is 0 Å². The van der Waals surface area contributed by atoms with E-state index < -0.39 is 0 Å². The Kier molecular flexibility index (Phi) is 8.49. The Hall–Kier alpha value is -1.65. The van der Waals surface area contributed by atoms with E-state index >= 15 is 0 Å². The second kappa shape index (κ2) is 9.30. The summed E-state index contributed by atoms with van der Waals surface area (Å²) in [5.74, 6) is 0.229. The fourth-order valence-corrected chi connectivity index (χ4v) is 2.00. The first kappa shape index (κ1) is 17.4. The molecule has 0 amide bonds. The average Bonchev–Trinajstić information content (AvgIpc) is 2.46. The highest BCUT2D eigenvalue weighted by Gasteiger charge is 2.14. The molecule has 0 unspecified atom stereocenters. The SMILES string of the molecule is C=C(N)/[N+](O)=C(N)\C=C(/CC)N1CCCCC1.CC. The quantitative estimate of drug-likeness (QED) is 0.240.